The lowest BCUT2D eigenvalue weighted by Gasteiger charge is -2.03. The molecule has 0 bridgehead atoms. The van der Waals surface area contributed by atoms with E-state index in [0.29, 0.717) is 0 Å². The van der Waals surface area contributed by atoms with Gasteiger partial charge < -0.3 is 5.32 Å². The van der Waals surface area contributed by atoms with Crippen LogP contribution in [0.2, 0.25) is 0 Å². The molecule has 0 spiro atoms. The molecule has 0 unspecified atom stereocenters. The normalized spacial score (nSPS) is 15.4. The molecular weight excluding hydrogens is 198 g/mol. The second-order valence-electron chi connectivity index (χ2n) is 4.39. The smallest absolute Gasteiger partial charge is 0.0534 e. The average Bonchev–Trinajstić information content (AvgIpc) is 2.95. The molecule has 3 heteroatoms. The van der Waals surface area contributed by atoms with Gasteiger partial charge in [-0.2, -0.15) is 5.10 Å². The highest BCUT2D eigenvalue weighted by molar-refractivity contribution is 5.08. The van der Waals surface area contributed by atoms with Crippen LogP contribution in [0, 0.1) is 0 Å². The molecule has 88 valence electrons. The maximum atomic E-state index is 4.26. The zero-order chi connectivity index (χ0) is 11.2. The van der Waals surface area contributed by atoms with Gasteiger partial charge in [-0.1, -0.05) is 11.6 Å². The minimum absolute atomic E-state index is 0.938. The third-order valence-corrected chi connectivity index (χ3v) is 3.10. The summed E-state index contributed by atoms with van der Waals surface area (Å²) in [4.78, 5) is 0. The van der Waals surface area contributed by atoms with Crippen LogP contribution in [0.5, 0.6) is 0 Å². The number of nitrogens with one attached hydrogen (secondary N) is 1. The van der Waals surface area contributed by atoms with Gasteiger partial charge in [0.05, 0.1) is 6.20 Å². The van der Waals surface area contributed by atoms with Crippen molar-refractivity contribution in [3.63, 3.8) is 0 Å². The van der Waals surface area contributed by atoms with E-state index in [4.69, 9.17) is 0 Å². The lowest BCUT2D eigenvalue weighted by molar-refractivity contribution is 0.654. The van der Waals surface area contributed by atoms with Crippen molar-refractivity contribution in [3.05, 3.63) is 29.6 Å². The molecule has 0 amide bonds. The van der Waals surface area contributed by atoms with Crippen LogP contribution in [0.15, 0.2) is 24.0 Å². The molecule has 0 aliphatic heterocycles. The summed E-state index contributed by atoms with van der Waals surface area (Å²) in [5.74, 6) is 0. The van der Waals surface area contributed by atoms with Gasteiger partial charge in [0, 0.05) is 24.8 Å². The van der Waals surface area contributed by atoms with Gasteiger partial charge in [-0.25, -0.2) is 0 Å². The molecule has 0 radical (unpaired) electrons. The van der Waals surface area contributed by atoms with Gasteiger partial charge in [0.15, 0.2) is 0 Å². The number of aryl methyl sites for hydroxylation is 1. The van der Waals surface area contributed by atoms with Crippen molar-refractivity contribution in [1.82, 2.24) is 15.1 Å². The zero-order valence-corrected chi connectivity index (χ0v) is 10.1. The fourth-order valence-electron chi connectivity index (χ4n) is 2.12. The number of nitrogens with zero attached hydrogens (tertiary/aromatic N) is 2. The number of aromatic nitrogens is 2. The number of hydrogen-bond acceptors (Lipinski definition) is 2. The summed E-state index contributed by atoms with van der Waals surface area (Å²) < 4.78 is 1.97. The zero-order valence-electron chi connectivity index (χ0n) is 10.1. The number of hydrogen-bond donors (Lipinski definition) is 1. The van der Waals surface area contributed by atoms with Crippen molar-refractivity contribution < 1.29 is 0 Å². The largest absolute Gasteiger partial charge is 0.312 e. The molecule has 1 aliphatic rings. The van der Waals surface area contributed by atoms with E-state index >= 15 is 0 Å². The molecule has 16 heavy (non-hydrogen) atoms. The highest BCUT2D eigenvalue weighted by Crippen LogP contribution is 2.19. The van der Waals surface area contributed by atoms with E-state index in [0.717, 1.165) is 19.6 Å². The second-order valence-corrected chi connectivity index (χ2v) is 4.39. The predicted molar refractivity (Wildman–Crippen MR) is 66.2 cm³/mol. The van der Waals surface area contributed by atoms with Gasteiger partial charge in [0.1, 0.15) is 0 Å². The standard InChI is InChI=1S/C13H21N3/c1-2-16-11-13(10-15-16)9-14-8-7-12-5-3-4-6-12/h5,10-11,14H,2-4,6-9H2,1H3. The van der Waals surface area contributed by atoms with Crippen molar-refractivity contribution in [2.24, 2.45) is 0 Å². The Balaban J connectivity index is 1.63. The highest BCUT2D eigenvalue weighted by Gasteiger charge is 2.03. The minimum atomic E-state index is 0.938. The Kier molecular flexibility index (Phi) is 4.17. The SMILES string of the molecule is CCn1cc(CNCCC2=CCCC2)cn1. The lowest BCUT2D eigenvalue weighted by atomic mass is 10.2. The Morgan fingerprint density at radius 3 is 3.12 bits per heavy atom. The van der Waals surface area contributed by atoms with Crippen molar-refractivity contribution in [3.8, 4) is 0 Å². The Morgan fingerprint density at radius 1 is 1.50 bits per heavy atom. The molecule has 0 aromatic carbocycles. The van der Waals surface area contributed by atoms with Gasteiger partial charge in [0.2, 0.25) is 0 Å². The topological polar surface area (TPSA) is 29.9 Å². The van der Waals surface area contributed by atoms with Crippen molar-refractivity contribution in [1.29, 1.82) is 0 Å². The second kappa shape index (κ2) is 5.85. The molecule has 3 nitrogen and oxygen atoms in total. The molecular formula is C13H21N3. The summed E-state index contributed by atoms with van der Waals surface area (Å²) >= 11 is 0. The van der Waals surface area contributed by atoms with Crippen LogP contribution in [-0.2, 0) is 13.1 Å². The summed E-state index contributed by atoms with van der Waals surface area (Å²) in [6, 6.07) is 0. The van der Waals surface area contributed by atoms with Gasteiger partial charge in [0.25, 0.3) is 0 Å². The molecule has 1 heterocycles. The summed E-state index contributed by atoms with van der Waals surface area (Å²) in [6.45, 7) is 5.08. The first kappa shape index (κ1) is 11.4. The summed E-state index contributed by atoms with van der Waals surface area (Å²) in [5.41, 5.74) is 2.92. The van der Waals surface area contributed by atoms with Crippen LogP contribution in [0.3, 0.4) is 0 Å². The molecule has 0 fully saturated rings. The van der Waals surface area contributed by atoms with Crippen molar-refractivity contribution >= 4 is 0 Å². The van der Waals surface area contributed by atoms with E-state index in [9.17, 15) is 0 Å². The molecule has 2 rings (SSSR count). The molecule has 1 aromatic heterocycles. The summed E-state index contributed by atoms with van der Waals surface area (Å²) in [7, 11) is 0. The maximum Gasteiger partial charge on any atom is 0.0534 e. The van der Waals surface area contributed by atoms with Crippen LogP contribution in [0.4, 0.5) is 0 Å². The average molecular weight is 219 g/mol. The highest BCUT2D eigenvalue weighted by atomic mass is 15.3. The fourth-order valence-corrected chi connectivity index (χ4v) is 2.12. The Morgan fingerprint density at radius 2 is 2.44 bits per heavy atom. The molecule has 0 saturated heterocycles. The molecule has 0 saturated carbocycles. The van der Waals surface area contributed by atoms with E-state index in [2.05, 4.69) is 29.6 Å². The Labute approximate surface area is 97.5 Å². The molecule has 1 aliphatic carbocycles. The minimum Gasteiger partial charge on any atom is -0.312 e. The van der Waals surface area contributed by atoms with E-state index in [1.165, 1.54) is 31.2 Å². The van der Waals surface area contributed by atoms with E-state index < -0.39 is 0 Å². The third-order valence-electron chi connectivity index (χ3n) is 3.10. The lowest BCUT2D eigenvalue weighted by Crippen LogP contribution is -2.14. The van der Waals surface area contributed by atoms with Gasteiger partial charge in [-0.05, 0) is 39.2 Å². The third kappa shape index (κ3) is 3.20. The van der Waals surface area contributed by atoms with Gasteiger partial charge in [-0.15, -0.1) is 0 Å². The van der Waals surface area contributed by atoms with Crippen LogP contribution >= 0.6 is 0 Å². The molecule has 1 N–H and O–H groups in total. The van der Waals surface area contributed by atoms with Gasteiger partial charge >= 0.3 is 0 Å². The fraction of sp³-hybridized carbons (Fsp3) is 0.615. The van der Waals surface area contributed by atoms with Crippen LogP contribution < -0.4 is 5.32 Å². The van der Waals surface area contributed by atoms with E-state index in [1.807, 2.05) is 10.9 Å². The first-order valence-electron chi connectivity index (χ1n) is 6.28. The summed E-state index contributed by atoms with van der Waals surface area (Å²) in [6.07, 6.45) is 11.6. The van der Waals surface area contributed by atoms with Crippen LogP contribution in [-0.4, -0.2) is 16.3 Å². The van der Waals surface area contributed by atoms with Crippen molar-refractivity contribution in [2.75, 3.05) is 6.54 Å². The monoisotopic (exact) mass is 219 g/mol. The van der Waals surface area contributed by atoms with E-state index in [-0.39, 0.29) is 0 Å². The first-order chi connectivity index (χ1) is 7.88. The number of allylic oxidation sites excluding steroid dienone is 1. The van der Waals surface area contributed by atoms with Crippen LogP contribution in [0.25, 0.3) is 0 Å². The van der Waals surface area contributed by atoms with Crippen LogP contribution in [0.1, 0.15) is 38.2 Å². The molecule has 1 aromatic rings. The number of rotatable bonds is 6. The first-order valence-corrected chi connectivity index (χ1v) is 6.28. The van der Waals surface area contributed by atoms with E-state index in [1.54, 1.807) is 5.57 Å². The van der Waals surface area contributed by atoms with Gasteiger partial charge in [-0.3, -0.25) is 4.68 Å². The molecule has 0 atom stereocenters. The quantitative estimate of drug-likeness (QED) is 0.588. The Hall–Kier alpha value is -1.09. The predicted octanol–water partition coefficient (Wildman–Crippen LogP) is 2.49. The van der Waals surface area contributed by atoms with Crippen molar-refractivity contribution in [2.45, 2.75) is 45.7 Å². The summed E-state index contributed by atoms with van der Waals surface area (Å²) in [5, 5.41) is 7.73. The Bertz CT molecular complexity index is 352. The maximum absolute atomic E-state index is 4.26.